The molecule has 2 aromatic heterocycles. The van der Waals surface area contributed by atoms with Crippen LogP contribution in [0.2, 0.25) is 0 Å². The average Bonchev–Trinajstić information content (AvgIpc) is 3.27. The van der Waals surface area contributed by atoms with E-state index in [0.29, 0.717) is 12.3 Å². The van der Waals surface area contributed by atoms with E-state index in [1.165, 1.54) is 18.2 Å². The van der Waals surface area contributed by atoms with Crippen LogP contribution in [0.5, 0.6) is 5.75 Å². The molecule has 5 nitrogen and oxygen atoms in total. The molecule has 0 saturated heterocycles. The van der Waals surface area contributed by atoms with Crippen molar-refractivity contribution in [1.82, 2.24) is 9.97 Å². The van der Waals surface area contributed by atoms with Gasteiger partial charge in [0, 0.05) is 23.3 Å². The Kier molecular flexibility index (Phi) is 7.22. The first-order valence-electron chi connectivity index (χ1n) is 10.4. The fourth-order valence-corrected chi connectivity index (χ4v) is 3.73. The summed E-state index contributed by atoms with van der Waals surface area (Å²) in [4.78, 5) is 23.3. The monoisotopic (exact) mass is 459 g/mol. The van der Waals surface area contributed by atoms with Crippen LogP contribution in [0.3, 0.4) is 0 Å². The van der Waals surface area contributed by atoms with Crippen LogP contribution in [0.25, 0.3) is 6.08 Å². The number of anilines is 1. The van der Waals surface area contributed by atoms with Gasteiger partial charge in [-0.1, -0.05) is 18.2 Å². The quantitative estimate of drug-likeness (QED) is 0.312. The molecule has 4 aromatic rings. The number of halogens is 1. The summed E-state index contributed by atoms with van der Waals surface area (Å²) in [7, 11) is 0. The molecule has 4 rings (SSSR count). The van der Waals surface area contributed by atoms with Gasteiger partial charge in [-0.2, -0.15) is 0 Å². The van der Waals surface area contributed by atoms with Crippen LogP contribution in [0.4, 0.5) is 10.1 Å². The number of amides is 1. The molecule has 0 fully saturated rings. The van der Waals surface area contributed by atoms with Crippen LogP contribution in [-0.2, 0) is 17.9 Å². The number of thiazole rings is 1. The third-order valence-electron chi connectivity index (χ3n) is 4.80. The third kappa shape index (κ3) is 6.33. The van der Waals surface area contributed by atoms with E-state index >= 15 is 0 Å². The number of hydrogen-bond acceptors (Lipinski definition) is 5. The second-order valence-corrected chi connectivity index (χ2v) is 8.33. The molecule has 0 aliphatic heterocycles. The fourth-order valence-electron chi connectivity index (χ4n) is 3.14. The summed E-state index contributed by atoms with van der Waals surface area (Å²) in [6, 6.07) is 18.8. The highest BCUT2D eigenvalue weighted by Crippen LogP contribution is 2.20. The molecule has 0 N–H and O–H groups in total. The zero-order valence-electron chi connectivity index (χ0n) is 18.0. The molecule has 0 unspecified atom stereocenters. The van der Waals surface area contributed by atoms with E-state index in [1.54, 1.807) is 40.6 Å². The number of nitrogens with zero attached hydrogens (tertiary/aromatic N) is 3. The SMILES string of the molecule is Cc1nc(COc2ccc(/C=C/C(=O)N(Cc3ccccn3)c3ccc(F)cc3)cc2)cs1. The van der Waals surface area contributed by atoms with Gasteiger partial charge in [-0.3, -0.25) is 9.78 Å². The Bertz CT molecular complexity index is 1220. The van der Waals surface area contributed by atoms with Gasteiger partial charge in [-0.15, -0.1) is 11.3 Å². The third-order valence-corrected chi connectivity index (χ3v) is 5.62. The average molecular weight is 460 g/mol. The summed E-state index contributed by atoms with van der Waals surface area (Å²) in [6.45, 7) is 2.65. The van der Waals surface area contributed by atoms with E-state index < -0.39 is 0 Å². The van der Waals surface area contributed by atoms with Crippen LogP contribution in [-0.4, -0.2) is 15.9 Å². The number of carbonyl (C=O) groups excluding carboxylic acids is 1. The van der Waals surface area contributed by atoms with Crippen molar-refractivity contribution >= 4 is 29.0 Å². The van der Waals surface area contributed by atoms with Gasteiger partial charge >= 0.3 is 0 Å². The van der Waals surface area contributed by atoms with Gasteiger partial charge in [0.1, 0.15) is 18.2 Å². The van der Waals surface area contributed by atoms with E-state index in [9.17, 15) is 9.18 Å². The minimum Gasteiger partial charge on any atom is -0.487 e. The van der Waals surface area contributed by atoms with Crippen molar-refractivity contribution in [2.24, 2.45) is 0 Å². The molecule has 2 heterocycles. The van der Waals surface area contributed by atoms with E-state index in [-0.39, 0.29) is 18.3 Å². The van der Waals surface area contributed by atoms with Gasteiger partial charge < -0.3 is 9.64 Å². The summed E-state index contributed by atoms with van der Waals surface area (Å²) in [6.07, 6.45) is 4.92. The van der Waals surface area contributed by atoms with Gasteiger partial charge in [0.05, 0.1) is 22.9 Å². The first kappa shape index (κ1) is 22.4. The first-order valence-corrected chi connectivity index (χ1v) is 11.2. The number of ether oxygens (including phenoxy) is 1. The Morgan fingerprint density at radius 3 is 2.52 bits per heavy atom. The van der Waals surface area contributed by atoms with Crippen molar-refractivity contribution in [1.29, 1.82) is 0 Å². The molecular formula is C26H22FN3O2S. The number of carbonyl (C=O) groups is 1. The zero-order chi connectivity index (χ0) is 23.0. The molecule has 0 bridgehead atoms. The Morgan fingerprint density at radius 1 is 1.06 bits per heavy atom. The maximum Gasteiger partial charge on any atom is 0.251 e. The number of hydrogen-bond donors (Lipinski definition) is 0. The van der Waals surface area contributed by atoms with Gasteiger partial charge in [0.25, 0.3) is 5.91 Å². The molecule has 2 aromatic carbocycles. The number of aromatic nitrogens is 2. The molecule has 0 aliphatic rings. The number of pyridine rings is 1. The Balaban J connectivity index is 1.44. The van der Waals surface area contributed by atoms with Crippen LogP contribution in [0, 0.1) is 12.7 Å². The van der Waals surface area contributed by atoms with Gasteiger partial charge in [0.2, 0.25) is 0 Å². The van der Waals surface area contributed by atoms with E-state index in [2.05, 4.69) is 9.97 Å². The van der Waals surface area contributed by atoms with Crippen molar-refractivity contribution < 1.29 is 13.9 Å². The van der Waals surface area contributed by atoms with Crippen molar-refractivity contribution in [2.75, 3.05) is 4.90 Å². The van der Waals surface area contributed by atoms with Crippen LogP contribution in [0.15, 0.2) is 84.4 Å². The van der Waals surface area contributed by atoms with Gasteiger partial charge in [-0.05, 0) is 67.1 Å². The maximum atomic E-state index is 13.4. The largest absolute Gasteiger partial charge is 0.487 e. The maximum absolute atomic E-state index is 13.4. The molecule has 0 saturated carbocycles. The van der Waals surface area contributed by atoms with E-state index in [1.807, 2.05) is 54.8 Å². The molecule has 0 spiro atoms. The van der Waals surface area contributed by atoms with Crippen molar-refractivity contribution in [3.8, 4) is 5.75 Å². The summed E-state index contributed by atoms with van der Waals surface area (Å²) in [5, 5.41) is 2.99. The Labute approximate surface area is 195 Å². The summed E-state index contributed by atoms with van der Waals surface area (Å²) >= 11 is 1.59. The predicted octanol–water partition coefficient (Wildman–Crippen LogP) is 5.81. The van der Waals surface area contributed by atoms with Gasteiger partial charge in [-0.25, -0.2) is 9.37 Å². The summed E-state index contributed by atoms with van der Waals surface area (Å²) < 4.78 is 19.2. The van der Waals surface area contributed by atoms with E-state index in [4.69, 9.17) is 4.74 Å². The van der Waals surface area contributed by atoms with Gasteiger partial charge in [0.15, 0.2) is 0 Å². The highest BCUT2D eigenvalue weighted by Gasteiger charge is 2.15. The zero-order valence-corrected chi connectivity index (χ0v) is 18.8. The smallest absolute Gasteiger partial charge is 0.251 e. The topological polar surface area (TPSA) is 55.3 Å². The second kappa shape index (κ2) is 10.7. The van der Waals surface area contributed by atoms with Crippen LogP contribution < -0.4 is 9.64 Å². The predicted molar refractivity (Wildman–Crippen MR) is 128 cm³/mol. The first-order chi connectivity index (χ1) is 16.1. The Hall–Kier alpha value is -3.84. The standard InChI is InChI=1S/C26H22FN3O2S/c1-19-29-23(18-33-19)17-32-25-12-5-20(6-13-25)7-14-26(31)30(16-22-4-2-3-15-28-22)24-10-8-21(27)9-11-24/h2-15,18H,16-17H2,1H3/b14-7+. The molecule has 33 heavy (non-hydrogen) atoms. The second-order valence-electron chi connectivity index (χ2n) is 7.27. The lowest BCUT2D eigenvalue weighted by Gasteiger charge is -2.21. The molecular weight excluding hydrogens is 437 g/mol. The molecule has 0 aliphatic carbocycles. The number of aryl methyl sites for hydroxylation is 1. The lowest BCUT2D eigenvalue weighted by molar-refractivity contribution is -0.114. The summed E-state index contributed by atoms with van der Waals surface area (Å²) in [5.74, 6) is 0.144. The highest BCUT2D eigenvalue weighted by molar-refractivity contribution is 7.09. The molecule has 7 heteroatoms. The number of benzene rings is 2. The highest BCUT2D eigenvalue weighted by atomic mass is 32.1. The lowest BCUT2D eigenvalue weighted by Crippen LogP contribution is -2.29. The number of rotatable bonds is 8. The normalized spacial score (nSPS) is 11.0. The Morgan fingerprint density at radius 2 is 1.85 bits per heavy atom. The minimum atomic E-state index is -0.355. The van der Waals surface area contributed by atoms with Crippen molar-refractivity contribution in [3.63, 3.8) is 0 Å². The summed E-state index contributed by atoms with van der Waals surface area (Å²) in [5.41, 5.74) is 3.09. The minimum absolute atomic E-state index is 0.230. The molecule has 0 atom stereocenters. The van der Waals surface area contributed by atoms with Crippen molar-refractivity contribution in [2.45, 2.75) is 20.1 Å². The molecule has 1 amide bonds. The fraction of sp³-hybridized carbons (Fsp3) is 0.115. The van der Waals surface area contributed by atoms with Crippen LogP contribution in [0.1, 0.15) is 22.0 Å². The molecule has 0 radical (unpaired) electrons. The van der Waals surface area contributed by atoms with E-state index in [0.717, 1.165) is 27.7 Å². The van der Waals surface area contributed by atoms with Crippen LogP contribution >= 0.6 is 11.3 Å². The van der Waals surface area contributed by atoms with Crippen molar-refractivity contribution in [3.05, 3.63) is 112 Å². The lowest BCUT2D eigenvalue weighted by atomic mass is 10.2. The molecule has 166 valence electrons.